The van der Waals surface area contributed by atoms with Crippen LogP contribution < -0.4 is 10.3 Å². The van der Waals surface area contributed by atoms with Gasteiger partial charge in [-0.15, -0.1) is 0 Å². The van der Waals surface area contributed by atoms with Crippen LogP contribution in [0.3, 0.4) is 0 Å². The monoisotopic (exact) mass is 517 g/mol. The Hall–Kier alpha value is -3.96. The number of carbonyl (C=O) groups excluding carboxylic acids is 1. The minimum Gasteiger partial charge on any atom is -0.479 e. The summed E-state index contributed by atoms with van der Waals surface area (Å²) in [4.78, 5) is 25.0. The van der Waals surface area contributed by atoms with Crippen molar-refractivity contribution in [3.63, 3.8) is 0 Å². The second kappa shape index (κ2) is 9.41. The van der Waals surface area contributed by atoms with Gasteiger partial charge in [0.05, 0.1) is 22.3 Å². The van der Waals surface area contributed by atoms with Crippen molar-refractivity contribution >= 4 is 23.3 Å². The van der Waals surface area contributed by atoms with Crippen molar-refractivity contribution in [3.05, 3.63) is 83.9 Å². The van der Waals surface area contributed by atoms with E-state index in [9.17, 15) is 19.9 Å². The summed E-state index contributed by atoms with van der Waals surface area (Å²) in [5, 5.41) is 29.4. The molecule has 5 rings (SSSR count). The lowest BCUT2D eigenvalue weighted by Crippen LogP contribution is -2.72. The molecule has 0 fully saturated rings. The van der Waals surface area contributed by atoms with E-state index in [-0.39, 0.29) is 18.2 Å². The molecule has 0 aromatic heterocycles. The molecule has 0 spiro atoms. The predicted octanol–water partition coefficient (Wildman–Crippen LogP) is 4.89. The standard InChI is InChI=1S/C28H28N4O6/c1-27(2,3)38-17-28(25(33)34,30-32(36)24-15-9-8-14-23(24)29-31-32)26(35)37-16-22-20-12-6-4-10-18(20)19-11-5-7-13-21(19)22/h4-15,22,30,36H,16-17H2,1-3H3/p+1/t28-,32?/m1/s1. The lowest BCUT2D eigenvalue weighted by Gasteiger charge is -2.33. The molecule has 0 radical (unpaired) electrons. The molecule has 1 heterocycles. The van der Waals surface area contributed by atoms with Crippen molar-refractivity contribution in [2.24, 2.45) is 10.3 Å². The third-order valence-electron chi connectivity index (χ3n) is 6.63. The smallest absolute Gasteiger partial charge is 0.346 e. The maximum atomic E-state index is 13.7. The van der Waals surface area contributed by atoms with Crippen LogP contribution in [0.2, 0.25) is 0 Å². The SMILES string of the molecule is CC(C)(C)OC[C@@](N[N+]1(O)N=Nc2ccccc21)(C(=O)O)C(=O)OCC1c2ccccc2-c2ccccc21. The van der Waals surface area contributed by atoms with Crippen LogP contribution in [0.5, 0.6) is 0 Å². The number of nitrogens with zero attached hydrogens (tertiary/aromatic N) is 3. The predicted molar refractivity (Wildman–Crippen MR) is 138 cm³/mol. The highest BCUT2D eigenvalue weighted by molar-refractivity contribution is 6.04. The third kappa shape index (κ3) is 4.48. The number of carboxylic acid groups (broad SMARTS) is 1. The van der Waals surface area contributed by atoms with Crippen LogP contribution in [0.15, 0.2) is 83.1 Å². The van der Waals surface area contributed by atoms with Crippen molar-refractivity contribution < 1.29 is 29.4 Å². The van der Waals surface area contributed by atoms with Crippen LogP contribution >= 0.6 is 0 Å². The molecule has 0 saturated heterocycles. The second-order valence-corrected chi connectivity index (χ2v) is 10.3. The fourth-order valence-corrected chi connectivity index (χ4v) is 4.70. The summed E-state index contributed by atoms with van der Waals surface area (Å²) in [5.41, 5.74) is 3.69. The second-order valence-electron chi connectivity index (χ2n) is 10.3. The van der Waals surface area contributed by atoms with Gasteiger partial charge in [0.2, 0.25) is 5.69 Å². The van der Waals surface area contributed by atoms with Crippen LogP contribution in [0.25, 0.3) is 11.1 Å². The van der Waals surface area contributed by atoms with E-state index >= 15 is 0 Å². The lowest BCUT2D eigenvalue weighted by atomic mass is 9.97. The van der Waals surface area contributed by atoms with Crippen molar-refractivity contribution in [3.8, 4) is 11.1 Å². The Balaban J connectivity index is 1.47. The fraction of sp³-hybridized carbons (Fsp3) is 0.286. The number of carbonyl (C=O) groups is 2. The maximum Gasteiger partial charge on any atom is 0.346 e. The first-order valence-electron chi connectivity index (χ1n) is 12.2. The molecule has 38 heavy (non-hydrogen) atoms. The molecule has 10 nitrogen and oxygen atoms in total. The van der Waals surface area contributed by atoms with Crippen molar-refractivity contribution in [2.75, 3.05) is 13.2 Å². The van der Waals surface area contributed by atoms with E-state index < -0.39 is 34.5 Å². The number of rotatable bonds is 8. The van der Waals surface area contributed by atoms with Gasteiger partial charge >= 0.3 is 11.9 Å². The average molecular weight is 518 g/mol. The van der Waals surface area contributed by atoms with Crippen molar-refractivity contribution in [2.45, 2.75) is 37.8 Å². The summed E-state index contributed by atoms with van der Waals surface area (Å²) in [7, 11) is 0. The number of aliphatic carboxylic acids is 1. The average Bonchev–Trinajstić information content (AvgIpc) is 3.39. The number of nitrogens with one attached hydrogen (secondary N) is 1. The minimum absolute atomic E-state index is 0.109. The summed E-state index contributed by atoms with van der Waals surface area (Å²) in [6.45, 7) is 4.44. The van der Waals surface area contributed by atoms with Gasteiger partial charge in [-0.2, -0.15) is 5.21 Å². The number of ether oxygens (including phenoxy) is 2. The highest BCUT2D eigenvalue weighted by Crippen LogP contribution is 2.45. The molecule has 0 amide bonds. The highest BCUT2D eigenvalue weighted by Gasteiger charge is 2.59. The van der Waals surface area contributed by atoms with Crippen molar-refractivity contribution in [1.29, 1.82) is 0 Å². The molecule has 2 atom stereocenters. The summed E-state index contributed by atoms with van der Waals surface area (Å²) in [5.74, 6) is -3.00. The van der Waals surface area contributed by atoms with E-state index in [1.54, 1.807) is 39.0 Å². The lowest BCUT2D eigenvalue weighted by molar-refractivity contribution is -0.197. The quantitative estimate of drug-likeness (QED) is 0.220. The minimum atomic E-state index is -2.52. The number of para-hydroxylation sites is 1. The zero-order chi connectivity index (χ0) is 27.1. The molecule has 1 aliphatic heterocycles. The number of esters is 1. The summed E-state index contributed by atoms with van der Waals surface area (Å²) in [6, 6.07) is 22.1. The van der Waals surface area contributed by atoms with Gasteiger partial charge in [0.15, 0.2) is 5.69 Å². The third-order valence-corrected chi connectivity index (χ3v) is 6.63. The molecule has 2 aliphatic rings. The first-order chi connectivity index (χ1) is 18.0. The first kappa shape index (κ1) is 25.7. The highest BCUT2D eigenvalue weighted by atomic mass is 16.6. The van der Waals surface area contributed by atoms with E-state index in [0.717, 1.165) is 22.3 Å². The Morgan fingerprint density at radius 3 is 2.13 bits per heavy atom. The van der Waals surface area contributed by atoms with Gasteiger partial charge in [0, 0.05) is 12.0 Å². The van der Waals surface area contributed by atoms with E-state index in [0.29, 0.717) is 5.69 Å². The molecule has 3 aromatic rings. The molecular weight excluding hydrogens is 488 g/mol. The zero-order valence-corrected chi connectivity index (χ0v) is 21.3. The van der Waals surface area contributed by atoms with Gasteiger partial charge in [-0.3, -0.25) is 0 Å². The number of hydrogen-bond acceptors (Lipinski definition) is 8. The largest absolute Gasteiger partial charge is 0.479 e. The van der Waals surface area contributed by atoms with Gasteiger partial charge < -0.3 is 14.6 Å². The number of hydrogen-bond donors (Lipinski definition) is 3. The van der Waals surface area contributed by atoms with Crippen LogP contribution in [0.4, 0.5) is 11.4 Å². The van der Waals surface area contributed by atoms with Crippen LogP contribution in [-0.2, 0) is 19.1 Å². The van der Waals surface area contributed by atoms with Crippen molar-refractivity contribution in [1.82, 2.24) is 10.3 Å². The summed E-state index contributed by atoms with van der Waals surface area (Å²) in [6.07, 6.45) is 0. The molecule has 1 unspecified atom stereocenters. The number of carboxylic acids is 1. The normalized spacial score (nSPS) is 19.4. The van der Waals surface area contributed by atoms with E-state index in [4.69, 9.17) is 9.47 Å². The Labute approximate surface area is 219 Å². The molecule has 3 N–H and O–H groups in total. The number of fused-ring (bicyclic) bond motifs is 4. The Morgan fingerprint density at radius 2 is 1.53 bits per heavy atom. The van der Waals surface area contributed by atoms with Gasteiger partial charge in [-0.25, -0.2) is 9.59 Å². The first-order valence-corrected chi connectivity index (χ1v) is 12.2. The summed E-state index contributed by atoms with van der Waals surface area (Å²) >= 11 is 0. The van der Waals surface area contributed by atoms with Gasteiger partial charge in [0.25, 0.3) is 5.54 Å². The van der Waals surface area contributed by atoms with Gasteiger partial charge in [-0.05, 0) is 49.1 Å². The van der Waals surface area contributed by atoms with E-state index in [1.165, 1.54) is 6.07 Å². The number of quaternary nitrogens is 1. The maximum absolute atomic E-state index is 13.7. The van der Waals surface area contributed by atoms with E-state index in [1.807, 2.05) is 48.5 Å². The molecule has 196 valence electrons. The van der Waals surface area contributed by atoms with E-state index in [2.05, 4.69) is 15.8 Å². The molecule has 10 heteroatoms. The molecule has 3 aromatic carbocycles. The molecule has 0 saturated carbocycles. The van der Waals surface area contributed by atoms with Crippen LogP contribution in [0.1, 0.15) is 37.8 Å². The zero-order valence-electron chi connectivity index (χ0n) is 21.3. The Bertz CT molecular complexity index is 1390. The topological polar surface area (TPSA) is 130 Å². The van der Waals surface area contributed by atoms with Gasteiger partial charge in [0.1, 0.15) is 6.61 Å². The molecular formula is C28H29N4O6+. The Kier molecular flexibility index (Phi) is 6.36. The molecule has 1 aliphatic carbocycles. The summed E-state index contributed by atoms with van der Waals surface area (Å²) < 4.78 is 11.5. The van der Waals surface area contributed by atoms with Gasteiger partial charge in [-0.1, -0.05) is 71.2 Å². The van der Waals surface area contributed by atoms with Crippen LogP contribution in [0, 0.1) is 0 Å². The fourth-order valence-electron chi connectivity index (χ4n) is 4.70. The molecule has 0 bridgehead atoms. The number of benzene rings is 3. The Morgan fingerprint density at radius 1 is 0.947 bits per heavy atom. The van der Waals surface area contributed by atoms with Crippen LogP contribution in [-0.4, -0.2) is 46.6 Å².